The molecule has 0 aliphatic rings. The van der Waals surface area contributed by atoms with Crippen LogP contribution in [0.15, 0.2) is 78.9 Å². The third-order valence-electron chi connectivity index (χ3n) is 4.72. The second kappa shape index (κ2) is 6.01. The second-order valence-corrected chi connectivity index (χ2v) is 6.22. The number of ether oxygens (including phenoxy) is 1. The van der Waals surface area contributed by atoms with E-state index in [1.807, 2.05) is 6.07 Å². The topological polar surface area (TPSA) is 9.23 Å². The second-order valence-electron chi connectivity index (χ2n) is 6.22. The number of benzene rings is 4. The Labute approximate surface area is 142 Å². The van der Waals surface area contributed by atoms with Crippen LogP contribution >= 0.6 is 0 Å². The lowest BCUT2D eigenvalue weighted by Crippen LogP contribution is -2.04. The van der Waals surface area contributed by atoms with Crippen LogP contribution in [0, 0.1) is 6.92 Å². The van der Waals surface area contributed by atoms with Crippen molar-refractivity contribution in [3.8, 4) is 5.75 Å². The monoisotopic (exact) mass is 312 g/mol. The van der Waals surface area contributed by atoms with Crippen molar-refractivity contribution in [2.45, 2.75) is 20.0 Å². The summed E-state index contributed by atoms with van der Waals surface area (Å²) >= 11 is 0. The summed E-state index contributed by atoms with van der Waals surface area (Å²) in [6.07, 6.45) is 0.000665. The van der Waals surface area contributed by atoms with Crippen LogP contribution in [0.1, 0.15) is 24.2 Å². The molecule has 0 heterocycles. The number of fused-ring (bicyclic) bond motifs is 2. The minimum absolute atomic E-state index is 0.000665. The van der Waals surface area contributed by atoms with Gasteiger partial charge in [0.15, 0.2) is 0 Å². The van der Waals surface area contributed by atoms with E-state index >= 15 is 0 Å². The summed E-state index contributed by atoms with van der Waals surface area (Å²) < 4.78 is 6.48. The van der Waals surface area contributed by atoms with E-state index in [0.29, 0.717) is 0 Å². The van der Waals surface area contributed by atoms with Crippen LogP contribution in [0.3, 0.4) is 0 Å². The minimum Gasteiger partial charge on any atom is -0.485 e. The van der Waals surface area contributed by atoms with Crippen molar-refractivity contribution in [1.82, 2.24) is 0 Å². The Morgan fingerprint density at radius 3 is 1.62 bits per heavy atom. The first-order valence-corrected chi connectivity index (χ1v) is 8.37. The normalized spacial score (nSPS) is 12.4. The van der Waals surface area contributed by atoms with Gasteiger partial charge in [0.2, 0.25) is 0 Å². The predicted octanol–water partition coefficient (Wildman–Crippen LogP) is 6.44. The Bertz CT molecular complexity index is 945. The number of hydrogen-bond donors (Lipinski definition) is 0. The van der Waals surface area contributed by atoms with Gasteiger partial charge in [0.25, 0.3) is 0 Å². The molecule has 1 unspecified atom stereocenters. The Morgan fingerprint density at radius 2 is 1.08 bits per heavy atom. The van der Waals surface area contributed by atoms with E-state index in [0.717, 1.165) is 5.75 Å². The maximum atomic E-state index is 6.48. The fraction of sp³-hybridized carbons (Fsp3) is 0.130. The maximum absolute atomic E-state index is 6.48. The van der Waals surface area contributed by atoms with Gasteiger partial charge >= 0.3 is 0 Å². The molecule has 4 aromatic rings. The molecule has 24 heavy (non-hydrogen) atoms. The molecule has 0 aliphatic carbocycles. The van der Waals surface area contributed by atoms with Crippen LogP contribution in [0.2, 0.25) is 0 Å². The lowest BCUT2D eigenvalue weighted by molar-refractivity contribution is 0.233. The third-order valence-corrected chi connectivity index (χ3v) is 4.72. The van der Waals surface area contributed by atoms with Gasteiger partial charge in [0.1, 0.15) is 11.9 Å². The fourth-order valence-electron chi connectivity index (χ4n) is 3.40. The van der Waals surface area contributed by atoms with E-state index in [4.69, 9.17) is 4.74 Å². The average molecular weight is 312 g/mol. The maximum Gasteiger partial charge on any atom is 0.135 e. The molecule has 0 saturated heterocycles. The molecule has 1 nitrogen and oxygen atoms in total. The first-order chi connectivity index (χ1) is 11.8. The molecule has 0 aliphatic heterocycles. The quantitative estimate of drug-likeness (QED) is 0.395. The number of hydrogen-bond acceptors (Lipinski definition) is 1. The van der Waals surface area contributed by atoms with Crippen LogP contribution in [0.5, 0.6) is 5.75 Å². The van der Waals surface area contributed by atoms with Gasteiger partial charge < -0.3 is 4.74 Å². The molecule has 0 radical (unpaired) electrons. The minimum atomic E-state index is 0.000665. The van der Waals surface area contributed by atoms with Crippen molar-refractivity contribution >= 4 is 21.5 Å². The van der Waals surface area contributed by atoms with E-state index in [1.165, 1.54) is 32.7 Å². The molecule has 4 rings (SSSR count). The molecular formula is C23H20O. The van der Waals surface area contributed by atoms with Gasteiger partial charge in [-0.25, -0.2) is 0 Å². The van der Waals surface area contributed by atoms with E-state index < -0.39 is 0 Å². The van der Waals surface area contributed by atoms with Crippen LogP contribution in [-0.2, 0) is 0 Å². The van der Waals surface area contributed by atoms with Gasteiger partial charge in [-0.3, -0.25) is 0 Å². The summed E-state index contributed by atoms with van der Waals surface area (Å²) in [5, 5.41) is 4.87. The van der Waals surface area contributed by atoms with Crippen LogP contribution in [0.25, 0.3) is 21.5 Å². The van der Waals surface area contributed by atoms with Crippen molar-refractivity contribution < 1.29 is 4.74 Å². The first-order valence-electron chi connectivity index (χ1n) is 8.37. The zero-order valence-electron chi connectivity index (χ0n) is 14.0. The summed E-state index contributed by atoms with van der Waals surface area (Å²) in [4.78, 5) is 0. The molecule has 4 aromatic carbocycles. The van der Waals surface area contributed by atoms with E-state index in [-0.39, 0.29) is 6.10 Å². The van der Waals surface area contributed by atoms with Crippen molar-refractivity contribution in [2.75, 3.05) is 0 Å². The summed E-state index contributed by atoms with van der Waals surface area (Å²) in [7, 11) is 0. The Hall–Kier alpha value is -2.80. The zero-order valence-corrected chi connectivity index (χ0v) is 14.0. The lowest BCUT2D eigenvalue weighted by Gasteiger charge is -2.20. The van der Waals surface area contributed by atoms with Crippen molar-refractivity contribution in [2.24, 2.45) is 0 Å². The predicted molar refractivity (Wildman–Crippen MR) is 102 cm³/mol. The largest absolute Gasteiger partial charge is 0.485 e. The first kappa shape index (κ1) is 14.8. The average Bonchev–Trinajstić information content (AvgIpc) is 2.65. The summed E-state index contributed by atoms with van der Waals surface area (Å²) in [5.74, 6) is 0.975. The van der Waals surface area contributed by atoms with Crippen LogP contribution in [-0.4, -0.2) is 0 Å². The Kier molecular flexibility index (Phi) is 3.70. The van der Waals surface area contributed by atoms with Gasteiger partial charge in [0, 0.05) is 10.8 Å². The SMILES string of the molecule is Cc1c2ccccc2c(OC(C)c2ccccc2)c2ccccc12. The molecule has 0 spiro atoms. The molecule has 0 bridgehead atoms. The van der Waals surface area contributed by atoms with E-state index in [9.17, 15) is 0 Å². The fourth-order valence-corrected chi connectivity index (χ4v) is 3.40. The highest BCUT2D eigenvalue weighted by Gasteiger charge is 2.15. The molecule has 1 heteroatoms. The Balaban J connectivity index is 1.94. The molecule has 0 saturated carbocycles. The van der Waals surface area contributed by atoms with Crippen molar-refractivity contribution in [1.29, 1.82) is 0 Å². The Morgan fingerprint density at radius 1 is 0.625 bits per heavy atom. The van der Waals surface area contributed by atoms with Crippen LogP contribution < -0.4 is 4.74 Å². The molecule has 118 valence electrons. The molecule has 0 aromatic heterocycles. The molecule has 0 amide bonds. The van der Waals surface area contributed by atoms with Gasteiger partial charge in [0.05, 0.1) is 0 Å². The molecule has 1 atom stereocenters. The lowest BCUT2D eigenvalue weighted by atomic mass is 9.96. The molecule has 0 N–H and O–H groups in total. The van der Waals surface area contributed by atoms with Gasteiger partial charge in [-0.2, -0.15) is 0 Å². The highest BCUT2D eigenvalue weighted by Crippen LogP contribution is 2.39. The van der Waals surface area contributed by atoms with Gasteiger partial charge in [-0.1, -0.05) is 78.9 Å². The standard InChI is InChI=1S/C23H20O/c1-16-19-12-6-8-14-21(19)23(22-15-9-7-13-20(16)22)24-17(2)18-10-4-3-5-11-18/h3-15,17H,1-2H3. The zero-order chi connectivity index (χ0) is 16.5. The summed E-state index contributed by atoms with van der Waals surface area (Å²) in [5.41, 5.74) is 2.49. The van der Waals surface area contributed by atoms with Gasteiger partial charge in [-0.15, -0.1) is 0 Å². The number of rotatable bonds is 3. The number of aryl methyl sites for hydroxylation is 1. The van der Waals surface area contributed by atoms with Gasteiger partial charge in [-0.05, 0) is 35.7 Å². The highest BCUT2D eigenvalue weighted by atomic mass is 16.5. The van der Waals surface area contributed by atoms with Crippen molar-refractivity contribution in [3.63, 3.8) is 0 Å². The highest BCUT2D eigenvalue weighted by molar-refractivity contribution is 6.08. The van der Waals surface area contributed by atoms with Crippen molar-refractivity contribution in [3.05, 3.63) is 90.0 Å². The van der Waals surface area contributed by atoms with E-state index in [2.05, 4.69) is 86.6 Å². The third kappa shape index (κ3) is 2.43. The summed E-state index contributed by atoms with van der Waals surface area (Å²) in [6.45, 7) is 4.30. The van der Waals surface area contributed by atoms with Crippen LogP contribution in [0.4, 0.5) is 0 Å². The molecule has 0 fully saturated rings. The molecular weight excluding hydrogens is 292 g/mol. The van der Waals surface area contributed by atoms with E-state index in [1.54, 1.807) is 0 Å². The summed E-state index contributed by atoms with van der Waals surface area (Å²) in [6, 6.07) is 27.4. The smallest absolute Gasteiger partial charge is 0.135 e.